The van der Waals surface area contributed by atoms with E-state index in [1.807, 2.05) is 24.5 Å². The summed E-state index contributed by atoms with van der Waals surface area (Å²) in [6.45, 7) is 6.46. The molecule has 7 rings (SSSR count). The first kappa shape index (κ1) is 34.5. The zero-order chi connectivity index (χ0) is 35.3. The Balaban J connectivity index is 1.04. The highest BCUT2D eigenvalue weighted by atomic mass is 16.3. The molecule has 264 valence electrons. The van der Waals surface area contributed by atoms with Crippen LogP contribution in [-0.4, -0.2) is 59.3 Å². The number of nitrogens with zero attached hydrogens (tertiary/aromatic N) is 4. The molecule has 3 aromatic carbocycles. The Morgan fingerprint density at radius 1 is 0.686 bits per heavy atom. The Morgan fingerprint density at radius 3 is 1.98 bits per heavy atom. The molecular weight excluding hydrogens is 636 g/mol. The first-order chi connectivity index (χ1) is 24.8. The zero-order valence-electron chi connectivity index (χ0n) is 29.4. The second-order valence-electron chi connectivity index (χ2n) is 14.3. The van der Waals surface area contributed by atoms with Crippen molar-refractivity contribution < 1.29 is 20.4 Å². The Morgan fingerprint density at radius 2 is 1.31 bits per heavy atom. The van der Waals surface area contributed by atoms with Gasteiger partial charge in [-0.25, -0.2) is 0 Å². The molecule has 0 spiro atoms. The van der Waals surface area contributed by atoms with E-state index in [2.05, 4.69) is 81.3 Å². The molecule has 0 bridgehead atoms. The largest absolute Gasteiger partial charge is 0.504 e. The second-order valence-corrected chi connectivity index (χ2v) is 14.3. The molecule has 1 saturated heterocycles. The number of hydrogen-bond donors (Lipinski definition) is 4. The van der Waals surface area contributed by atoms with Gasteiger partial charge in [0, 0.05) is 54.8 Å². The van der Waals surface area contributed by atoms with Gasteiger partial charge < -0.3 is 20.4 Å². The van der Waals surface area contributed by atoms with E-state index >= 15 is 0 Å². The summed E-state index contributed by atoms with van der Waals surface area (Å²) >= 11 is 0. The van der Waals surface area contributed by atoms with Gasteiger partial charge in [-0.05, 0) is 122 Å². The standard InChI is InChI=1S/C43H48N4O4/c1-2-7-33-22-34(24-40(48)42(33)50)38-21-31(13-17-44-38)28-47(27-29-8-4-3-5-9-29)36-14-18-46(19-15-36)26-30-12-16-45-39(20-30)35-23-37(32-10-6-11-32)43(51)41(49)25-35/h3-5,8-9,12-13,16-17,20-25,32,36,48-51H,2,6-7,10-11,14-15,18-19,26-28H2,1H3. The zero-order valence-corrected chi connectivity index (χ0v) is 29.4. The molecule has 1 aliphatic heterocycles. The third-order valence-electron chi connectivity index (χ3n) is 10.7. The van der Waals surface area contributed by atoms with Gasteiger partial charge in [0.15, 0.2) is 23.0 Å². The van der Waals surface area contributed by atoms with E-state index in [0.717, 1.165) is 110 Å². The van der Waals surface area contributed by atoms with Crippen molar-refractivity contribution in [3.05, 3.63) is 119 Å². The van der Waals surface area contributed by atoms with E-state index in [-0.39, 0.29) is 23.0 Å². The third-order valence-corrected chi connectivity index (χ3v) is 10.7. The fourth-order valence-corrected chi connectivity index (χ4v) is 7.63. The molecule has 2 fully saturated rings. The van der Waals surface area contributed by atoms with Crippen LogP contribution in [0.1, 0.15) is 79.2 Å². The van der Waals surface area contributed by atoms with Crippen molar-refractivity contribution in [1.29, 1.82) is 0 Å². The van der Waals surface area contributed by atoms with E-state index in [1.54, 1.807) is 12.1 Å². The van der Waals surface area contributed by atoms with Gasteiger partial charge in [0.05, 0.1) is 11.4 Å². The minimum Gasteiger partial charge on any atom is -0.504 e. The summed E-state index contributed by atoms with van der Waals surface area (Å²) in [5.41, 5.74) is 8.43. The highest BCUT2D eigenvalue weighted by Crippen LogP contribution is 2.45. The minimum atomic E-state index is -0.110. The van der Waals surface area contributed by atoms with Crippen molar-refractivity contribution in [2.45, 2.75) is 83.5 Å². The number of likely N-dealkylation sites (tertiary alicyclic amines) is 1. The average molecular weight is 685 g/mol. The number of aromatic hydroxyl groups is 4. The van der Waals surface area contributed by atoms with Crippen LogP contribution >= 0.6 is 0 Å². The summed E-state index contributed by atoms with van der Waals surface area (Å²) in [7, 11) is 0. The lowest BCUT2D eigenvalue weighted by atomic mass is 9.79. The Hall–Kier alpha value is -4.92. The Labute approximate surface area is 300 Å². The number of pyridine rings is 2. The molecule has 2 aliphatic rings. The quantitative estimate of drug-likeness (QED) is 0.0968. The topological polar surface area (TPSA) is 113 Å². The van der Waals surface area contributed by atoms with Gasteiger partial charge in [0.25, 0.3) is 0 Å². The lowest BCUT2D eigenvalue weighted by molar-refractivity contribution is 0.0933. The van der Waals surface area contributed by atoms with Crippen molar-refractivity contribution in [2.24, 2.45) is 0 Å². The molecule has 4 N–H and O–H groups in total. The molecule has 0 radical (unpaired) electrons. The first-order valence-corrected chi connectivity index (χ1v) is 18.4. The highest BCUT2D eigenvalue weighted by molar-refractivity contribution is 5.68. The van der Waals surface area contributed by atoms with Gasteiger partial charge in [0.1, 0.15) is 0 Å². The normalized spacial score (nSPS) is 15.6. The summed E-state index contributed by atoms with van der Waals surface area (Å²) < 4.78 is 0. The maximum atomic E-state index is 10.5. The number of aryl methyl sites for hydroxylation is 1. The number of rotatable bonds is 12. The van der Waals surface area contributed by atoms with E-state index in [9.17, 15) is 20.4 Å². The predicted octanol–water partition coefficient (Wildman–Crippen LogP) is 8.52. The van der Waals surface area contributed by atoms with Gasteiger partial charge in [0.2, 0.25) is 0 Å². The van der Waals surface area contributed by atoms with Crippen LogP contribution < -0.4 is 0 Å². The van der Waals surface area contributed by atoms with Gasteiger partial charge in [-0.2, -0.15) is 0 Å². The summed E-state index contributed by atoms with van der Waals surface area (Å²) in [4.78, 5) is 14.4. The summed E-state index contributed by atoms with van der Waals surface area (Å²) in [6.07, 6.45) is 10.6. The number of aromatic nitrogens is 2. The maximum absolute atomic E-state index is 10.5. The van der Waals surface area contributed by atoms with Crippen LogP contribution in [0.5, 0.6) is 23.0 Å². The van der Waals surface area contributed by atoms with Crippen molar-refractivity contribution in [3.63, 3.8) is 0 Å². The molecule has 1 saturated carbocycles. The van der Waals surface area contributed by atoms with E-state index in [1.165, 1.54) is 11.1 Å². The van der Waals surface area contributed by atoms with E-state index in [4.69, 9.17) is 0 Å². The monoisotopic (exact) mass is 684 g/mol. The lowest BCUT2D eigenvalue weighted by Gasteiger charge is -2.39. The summed E-state index contributed by atoms with van der Waals surface area (Å²) in [6, 6.07) is 26.6. The van der Waals surface area contributed by atoms with Crippen LogP contribution in [0.3, 0.4) is 0 Å². The number of piperidine rings is 1. The molecule has 1 aliphatic carbocycles. The van der Waals surface area contributed by atoms with Crippen molar-refractivity contribution in [1.82, 2.24) is 19.8 Å². The SMILES string of the molecule is CCCc1cc(-c2cc(CN(Cc3ccccc3)C3CCN(Cc4ccnc(-c5cc(O)c(O)c(C6CCC6)c5)c4)CC3)ccn2)cc(O)c1O. The van der Waals surface area contributed by atoms with Gasteiger partial charge in [-0.3, -0.25) is 19.8 Å². The van der Waals surface area contributed by atoms with Crippen LogP contribution in [0, 0.1) is 0 Å². The molecule has 0 unspecified atom stereocenters. The molecule has 51 heavy (non-hydrogen) atoms. The molecule has 0 atom stereocenters. The fraction of sp³-hybridized carbons (Fsp3) is 0.349. The van der Waals surface area contributed by atoms with Crippen LogP contribution in [0.25, 0.3) is 22.5 Å². The van der Waals surface area contributed by atoms with E-state index < -0.39 is 0 Å². The third kappa shape index (κ3) is 8.03. The van der Waals surface area contributed by atoms with E-state index in [0.29, 0.717) is 18.4 Å². The number of hydrogen-bond acceptors (Lipinski definition) is 8. The number of phenolic OH excluding ortho intramolecular Hbond substituents is 4. The van der Waals surface area contributed by atoms with Crippen LogP contribution in [-0.2, 0) is 26.1 Å². The van der Waals surface area contributed by atoms with Crippen LogP contribution in [0.15, 0.2) is 91.3 Å². The first-order valence-electron chi connectivity index (χ1n) is 18.4. The second kappa shape index (κ2) is 15.5. The molecule has 5 aromatic rings. The Bertz CT molecular complexity index is 1950. The molecule has 2 aromatic heterocycles. The molecule has 3 heterocycles. The Kier molecular flexibility index (Phi) is 10.5. The molecular formula is C43H48N4O4. The summed E-state index contributed by atoms with van der Waals surface area (Å²) in [5, 5.41) is 41.8. The molecule has 0 amide bonds. The maximum Gasteiger partial charge on any atom is 0.160 e. The van der Waals surface area contributed by atoms with Gasteiger partial charge in [-0.15, -0.1) is 0 Å². The number of benzene rings is 3. The van der Waals surface area contributed by atoms with Crippen molar-refractivity contribution in [2.75, 3.05) is 13.1 Å². The smallest absolute Gasteiger partial charge is 0.160 e. The average Bonchev–Trinajstić information content (AvgIpc) is 3.12. The van der Waals surface area contributed by atoms with Gasteiger partial charge >= 0.3 is 0 Å². The minimum absolute atomic E-state index is 0.00628. The van der Waals surface area contributed by atoms with Crippen molar-refractivity contribution >= 4 is 0 Å². The fourth-order valence-electron chi connectivity index (χ4n) is 7.63. The lowest BCUT2D eigenvalue weighted by Crippen LogP contribution is -2.44. The van der Waals surface area contributed by atoms with Crippen LogP contribution in [0.4, 0.5) is 0 Å². The number of phenols is 4. The predicted molar refractivity (Wildman–Crippen MR) is 201 cm³/mol. The molecule has 8 heteroatoms. The highest BCUT2D eigenvalue weighted by Gasteiger charge is 2.27. The van der Waals surface area contributed by atoms with Crippen LogP contribution in [0.2, 0.25) is 0 Å². The van der Waals surface area contributed by atoms with Gasteiger partial charge in [-0.1, -0.05) is 50.1 Å². The molecule has 8 nitrogen and oxygen atoms in total. The summed E-state index contributed by atoms with van der Waals surface area (Å²) in [5.74, 6) is 0.0763. The van der Waals surface area contributed by atoms with Crippen molar-refractivity contribution in [3.8, 4) is 45.5 Å².